The normalized spacial score (nSPS) is 16.3. The van der Waals surface area contributed by atoms with Crippen molar-refractivity contribution in [1.29, 1.82) is 0 Å². The number of aliphatic hydroxyl groups excluding tert-OH is 1. The van der Waals surface area contributed by atoms with Crippen molar-refractivity contribution in [2.75, 3.05) is 20.2 Å². The standard InChI is InChI=1S/C12H18N2O5S2/c1-13-20(16,17)11-4-6-12(7-5-11)21(18,19)14(8-9-15)10-2-3-10/h4-7,10,13,15H,2-3,8-9H2,1H3. The minimum absolute atomic E-state index is 0.00378. The summed E-state index contributed by atoms with van der Waals surface area (Å²) < 4.78 is 51.6. The molecule has 0 spiro atoms. The van der Waals surface area contributed by atoms with Crippen LogP contribution in [0.4, 0.5) is 0 Å². The number of nitrogens with one attached hydrogen (secondary N) is 1. The van der Waals surface area contributed by atoms with Gasteiger partial charge in [0.15, 0.2) is 0 Å². The van der Waals surface area contributed by atoms with E-state index in [1.165, 1.54) is 35.6 Å². The highest BCUT2D eigenvalue weighted by Crippen LogP contribution is 2.31. The van der Waals surface area contributed by atoms with E-state index in [9.17, 15) is 16.8 Å². The molecule has 0 saturated heterocycles. The van der Waals surface area contributed by atoms with Crippen LogP contribution in [0.25, 0.3) is 0 Å². The highest BCUT2D eigenvalue weighted by atomic mass is 32.2. The van der Waals surface area contributed by atoms with Gasteiger partial charge in [-0.3, -0.25) is 0 Å². The molecule has 0 aromatic heterocycles. The first-order valence-electron chi connectivity index (χ1n) is 6.49. The van der Waals surface area contributed by atoms with Crippen LogP contribution in [0.3, 0.4) is 0 Å². The zero-order chi connectivity index (χ0) is 15.7. The first-order valence-corrected chi connectivity index (χ1v) is 9.41. The Hall–Kier alpha value is -1.00. The van der Waals surface area contributed by atoms with Crippen LogP contribution < -0.4 is 4.72 Å². The van der Waals surface area contributed by atoms with Crippen LogP contribution >= 0.6 is 0 Å². The molecule has 0 unspecified atom stereocenters. The number of hydrogen-bond donors (Lipinski definition) is 2. The molecule has 1 fully saturated rings. The Labute approximate surface area is 124 Å². The second-order valence-electron chi connectivity index (χ2n) is 4.75. The summed E-state index contributed by atoms with van der Waals surface area (Å²) in [6.45, 7) is -0.203. The van der Waals surface area contributed by atoms with Crippen molar-refractivity contribution in [3.05, 3.63) is 24.3 Å². The van der Waals surface area contributed by atoms with Gasteiger partial charge in [-0.2, -0.15) is 4.31 Å². The molecule has 0 aliphatic heterocycles. The summed E-state index contributed by atoms with van der Waals surface area (Å²) in [6, 6.07) is 4.98. The monoisotopic (exact) mass is 334 g/mol. The number of benzene rings is 1. The summed E-state index contributed by atoms with van der Waals surface area (Å²) >= 11 is 0. The predicted octanol–water partition coefficient (Wildman–Crippen LogP) is -0.260. The van der Waals surface area contributed by atoms with Gasteiger partial charge in [0.2, 0.25) is 20.0 Å². The van der Waals surface area contributed by atoms with Crippen LogP contribution in [0, 0.1) is 0 Å². The van der Waals surface area contributed by atoms with E-state index >= 15 is 0 Å². The molecule has 0 atom stereocenters. The minimum Gasteiger partial charge on any atom is -0.395 e. The van der Waals surface area contributed by atoms with E-state index in [1.807, 2.05) is 0 Å². The highest BCUT2D eigenvalue weighted by molar-refractivity contribution is 7.89. The molecule has 2 N–H and O–H groups in total. The lowest BCUT2D eigenvalue weighted by Gasteiger charge is -2.20. The largest absolute Gasteiger partial charge is 0.395 e. The Kier molecular flexibility index (Phi) is 4.69. The molecule has 1 saturated carbocycles. The third kappa shape index (κ3) is 3.43. The lowest BCUT2D eigenvalue weighted by atomic mass is 10.4. The predicted molar refractivity (Wildman–Crippen MR) is 76.7 cm³/mol. The summed E-state index contributed by atoms with van der Waals surface area (Å²) in [6.07, 6.45) is 1.57. The van der Waals surface area contributed by atoms with Gasteiger partial charge in [-0.05, 0) is 44.2 Å². The van der Waals surface area contributed by atoms with E-state index in [0.29, 0.717) is 0 Å². The molecule has 0 amide bonds. The Balaban J connectivity index is 2.32. The van der Waals surface area contributed by atoms with Crippen LogP contribution in [-0.4, -0.2) is 52.5 Å². The van der Waals surface area contributed by atoms with E-state index in [-0.39, 0.29) is 29.0 Å². The molecular weight excluding hydrogens is 316 g/mol. The fourth-order valence-corrected chi connectivity index (χ4v) is 4.41. The van der Waals surface area contributed by atoms with E-state index in [4.69, 9.17) is 5.11 Å². The van der Waals surface area contributed by atoms with Gasteiger partial charge in [0.1, 0.15) is 0 Å². The van der Waals surface area contributed by atoms with Gasteiger partial charge in [-0.25, -0.2) is 21.6 Å². The quantitative estimate of drug-likeness (QED) is 0.715. The molecule has 118 valence electrons. The van der Waals surface area contributed by atoms with Gasteiger partial charge < -0.3 is 5.11 Å². The van der Waals surface area contributed by atoms with Gasteiger partial charge in [0.25, 0.3) is 0 Å². The molecule has 0 heterocycles. The topological polar surface area (TPSA) is 104 Å². The fraction of sp³-hybridized carbons (Fsp3) is 0.500. The van der Waals surface area contributed by atoms with E-state index < -0.39 is 20.0 Å². The Morgan fingerprint density at radius 1 is 1.14 bits per heavy atom. The van der Waals surface area contributed by atoms with Gasteiger partial charge in [-0.15, -0.1) is 0 Å². The maximum atomic E-state index is 12.5. The molecule has 1 aromatic rings. The lowest BCUT2D eigenvalue weighted by Crippen LogP contribution is -2.35. The number of hydrogen-bond acceptors (Lipinski definition) is 5. The molecule has 9 heteroatoms. The Bertz CT molecular complexity index is 694. The van der Waals surface area contributed by atoms with Crippen molar-refractivity contribution in [1.82, 2.24) is 9.03 Å². The van der Waals surface area contributed by atoms with E-state index in [0.717, 1.165) is 12.8 Å². The van der Waals surface area contributed by atoms with Crippen molar-refractivity contribution >= 4 is 20.0 Å². The van der Waals surface area contributed by atoms with Crippen molar-refractivity contribution in [3.63, 3.8) is 0 Å². The van der Waals surface area contributed by atoms with Crippen molar-refractivity contribution < 1.29 is 21.9 Å². The number of sulfonamides is 2. The van der Waals surface area contributed by atoms with Crippen LogP contribution in [-0.2, 0) is 20.0 Å². The minimum atomic E-state index is -3.71. The van der Waals surface area contributed by atoms with Crippen LogP contribution in [0.2, 0.25) is 0 Å². The average molecular weight is 334 g/mol. The zero-order valence-corrected chi connectivity index (χ0v) is 13.2. The molecule has 7 nitrogen and oxygen atoms in total. The van der Waals surface area contributed by atoms with E-state index in [2.05, 4.69) is 4.72 Å². The maximum Gasteiger partial charge on any atom is 0.243 e. The lowest BCUT2D eigenvalue weighted by molar-refractivity contribution is 0.250. The first kappa shape index (κ1) is 16.4. The van der Waals surface area contributed by atoms with Gasteiger partial charge in [-0.1, -0.05) is 0 Å². The smallest absolute Gasteiger partial charge is 0.243 e. The van der Waals surface area contributed by atoms with Crippen LogP contribution in [0.1, 0.15) is 12.8 Å². The fourth-order valence-electron chi connectivity index (χ4n) is 2.00. The molecule has 0 bridgehead atoms. The SMILES string of the molecule is CNS(=O)(=O)c1ccc(S(=O)(=O)N(CCO)C2CC2)cc1. The molecule has 1 aliphatic rings. The molecule has 1 aromatic carbocycles. The molecule has 2 rings (SSSR count). The van der Waals surface area contributed by atoms with Crippen LogP contribution in [0.15, 0.2) is 34.1 Å². The van der Waals surface area contributed by atoms with Crippen molar-refractivity contribution in [3.8, 4) is 0 Å². The maximum absolute atomic E-state index is 12.5. The number of rotatable bonds is 7. The Morgan fingerprint density at radius 3 is 2.10 bits per heavy atom. The summed E-state index contributed by atoms with van der Waals surface area (Å²) in [5.41, 5.74) is 0. The average Bonchev–Trinajstić information content (AvgIpc) is 3.29. The van der Waals surface area contributed by atoms with Gasteiger partial charge >= 0.3 is 0 Å². The van der Waals surface area contributed by atoms with Gasteiger partial charge in [0, 0.05) is 12.6 Å². The Morgan fingerprint density at radius 2 is 1.67 bits per heavy atom. The molecule has 0 radical (unpaired) electrons. The summed E-state index contributed by atoms with van der Waals surface area (Å²) in [7, 11) is -6.02. The molecule has 21 heavy (non-hydrogen) atoms. The second kappa shape index (κ2) is 6.01. The number of aliphatic hydroxyl groups is 1. The van der Waals surface area contributed by atoms with Gasteiger partial charge in [0.05, 0.1) is 16.4 Å². The summed E-state index contributed by atoms with van der Waals surface area (Å²) in [5, 5.41) is 9.01. The molecule has 1 aliphatic carbocycles. The third-order valence-corrected chi connectivity index (χ3v) is 6.68. The second-order valence-corrected chi connectivity index (χ2v) is 8.53. The summed E-state index contributed by atoms with van der Waals surface area (Å²) in [5.74, 6) is 0. The first-order chi connectivity index (χ1) is 9.82. The zero-order valence-electron chi connectivity index (χ0n) is 11.6. The summed E-state index contributed by atoms with van der Waals surface area (Å²) in [4.78, 5) is 0.0296. The van der Waals surface area contributed by atoms with Crippen LogP contribution in [0.5, 0.6) is 0 Å². The van der Waals surface area contributed by atoms with E-state index in [1.54, 1.807) is 0 Å². The number of nitrogens with zero attached hydrogens (tertiary/aromatic N) is 1. The van der Waals surface area contributed by atoms with Crippen molar-refractivity contribution in [2.24, 2.45) is 0 Å². The highest BCUT2D eigenvalue weighted by Gasteiger charge is 2.37. The molecular formula is C12H18N2O5S2. The third-order valence-electron chi connectivity index (χ3n) is 3.28. The van der Waals surface area contributed by atoms with Crippen molar-refractivity contribution in [2.45, 2.75) is 28.7 Å².